The molecule has 2 aromatic rings. The van der Waals surface area contributed by atoms with E-state index in [9.17, 15) is 9.18 Å². The molecule has 0 aliphatic rings. The summed E-state index contributed by atoms with van der Waals surface area (Å²) in [6.45, 7) is 2.52. The lowest BCUT2D eigenvalue weighted by Gasteiger charge is -2.08. The number of carbonyl (C=O) groups excluding carboxylic acids is 1. The summed E-state index contributed by atoms with van der Waals surface area (Å²) in [7, 11) is 3.85. The number of aromatic nitrogens is 2. The van der Waals surface area contributed by atoms with Crippen LogP contribution in [0.15, 0.2) is 36.4 Å². The van der Waals surface area contributed by atoms with E-state index >= 15 is 0 Å². The third-order valence-electron chi connectivity index (χ3n) is 3.01. The first kappa shape index (κ1) is 17.2. The molecular formula is C16H19FN4OS. The van der Waals surface area contributed by atoms with Gasteiger partial charge in [-0.2, -0.15) is 0 Å². The number of nitrogens with zero attached hydrogens (tertiary/aromatic N) is 3. The lowest BCUT2D eigenvalue weighted by Crippen LogP contribution is -2.25. The molecule has 0 spiro atoms. The van der Waals surface area contributed by atoms with Gasteiger partial charge in [0.2, 0.25) is 5.91 Å². The largest absolute Gasteiger partial charge is 0.344 e. The quantitative estimate of drug-likeness (QED) is 0.825. The summed E-state index contributed by atoms with van der Waals surface area (Å²) >= 11 is 1.27. The third kappa shape index (κ3) is 4.94. The van der Waals surface area contributed by atoms with E-state index in [1.807, 2.05) is 25.9 Å². The zero-order valence-electron chi connectivity index (χ0n) is 13.3. The highest BCUT2D eigenvalue weighted by Crippen LogP contribution is 2.28. The van der Waals surface area contributed by atoms with Gasteiger partial charge in [0, 0.05) is 18.2 Å². The molecule has 1 aromatic heterocycles. The lowest BCUT2D eigenvalue weighted by molar-refractivity contribution is -0.117. The van der Waals surface area contributed by atoms with Crippen LogP contribution >= 0.6 is 11.3 Å². The average Bonchev–Trinajstić information content (AvgIpc) is 2.97. The van der Waals surface area contributed by atoms with Crippen molar-refractivity contribution in [3.63, 3.8) is 0 Å². The van der Waals surface area contributed by atoms with Gasteiger partial charge in [0.25, 0.3) is 0 Å². The first-order chi connectivity index (χ1) is 11.0. The molecule has 1 unspecified atom stereocenters. The van der Waals surface area contributed by atoms with Gasteiger partial charge in [0.15, 0.2) is 5.01 Å². The van der Waals surface area contributed by atoms with Crippen molar-refractivity contribution in [1.29, 1.82) is 0 Å². The van der Waals surface area contributed by atoms with Gasteiger partial charge in [0.1, 0.15) is 10.8 Å². The zero-order valence-corrected chi connectivity index (χ0v) is 14.1. The Balaban J connectivity index is 2.01. The van der Waals surface area contributed by atoms with Crippen LogP contribution in [0, 0.1) is 5.82 Å². The smallest absolute Gasteiger partial charge is 0.244 e. The highest BCUT2D eigenvalue weighted by molar-refractivity contribution is 7.14. The summed E-state index contributed by atoms with van der Waals surface area (Å²) in [5, 5.41) is 12.0. The van der Waals surface area contributed by atoms with Gasteiger partial charge < -0.3 is 10.2 Å². The molecule has 23 heavy (non-hydrogen) atoms. The van der Waals surface area contributed by atoms with Crippen LogP contribution in [0.5, 0.6) is 0 Å². The van der Waals surface area contributed by atoms with Gasteiger partial charge >= 0.3 is 0 Å². The van der Waals surface area contributed by atoms with Crippen molar-refractivity contribution in [2.75, 3.05) is 20.6 Å². The fraction of sp³-hybridized carbons (Fsp3) is 0.312. The normalized spacial score (nSPS) is 12.7. The third-order valence-corrected chi connectivity index (χ3v) is 4.15. The number of benzene rings is 1. The van der Waals surface area contributed by atoms with Gasteiger partial charge in [-0.3, -0.25) is 4.79 Å². The second kappa shape index (κ2) is 7.94. The molecule has 1 amide bonds. The van der Waals surface area contributed by atoms with Gasteiger partial charge in [0.05, 0.1) is 6.04 Å². The summed E-state index contributed by atoms with van der Waals surface area (Å²) in [5.41, 5.74) is 0.417. The minimum absolute atomic E-state index is 0.193. The van der Waals surface area contributed by atoms with Crippen molar-refractivity contribution >= 4 is 17.2 Å². The van der Waals surface area contributed by atoms with Crippen molar-refractivity contribution in [2.24, 2.45) is 0 Å². The summed E-state index contributed by atoms with van der Waals surface area (Å²) in [5.74, 6) is -0.527. The first-order valence-corrected chi connectivity index (χ1v) is 7.99. The Labute approximate surface area is 138 Å². The second-order valence-electron chi connectivity index (χ2n) is 5.32. The molecule has 1 aromatic carbocycles. The molecule has 122 valence electrons. The summed E-state index contributed by atoms with van der Waals surface area (Å²) < 4.78 is 13.8. The van der Waals surface area contributed by atoms with E-state index in [1.165, 1.54) is 23.5 Å². The summed E-state index contributed by atoms with van der Waals surface area (Å²) in [6, 6.07) is 6.14. The van der Waals surface area contributed by atoms with Crippen LogP contribution in [-0.2, 0) is 4.79 Å². The standard InChI is InChI=1S/C16H19FN4OS/c1-11(18-14(22)9-6-10-21(2)3)15-19-20-16(23-15)12-7-4-5-8-13(12)17/h4-9,11H,10H2,1-3H3,(H,18,22)/b9-6+. The Morgan fingerprint density at radius 2 is 2.13 bits per heavy atom. The molecule has 2 rings (SSSR count). The van der Waals surface area contributed by atoms with Crippen LogP contribution in [-0.4, -0.2) is 41.6 Å². The molecule has 0 aliphatic heterocycles. The molecule has 0 fully saturated rings. The zero-order chi connectivity index (χ0) is 16.8. The number of nitrogens with one attached hydrogen (secondary N) is 1. The van der Waals surface area contributed by atoms with E-state index in [0.29, 0.717) is 22.1 Å². The van der Waals surface area contributed by atoms with E-state index in [1.54, 1.807) is 24.3 Å². The number of amides is 1. The molecule has 0 saturated heterocycles. The maximum atomic E-state index is 13.8. The van der Waals surface area contributed by atoms with Crippen molar-refractivity contribution in [2.45, 2.75) is 13.0 Å². The molecule has 1 atom stereocenters. The summed E-state index contributed by atoms with van der Waals surface area (Å²) in [6.07, 6.45) is 3.28. The Kier molecular flexibility index (Phi) is 5.95. The van der Waals surface area contributed by atoms with E-state index in [-0.39, 0.29) is 17.8 Å². The molecule has 0 radical (unpaired) electrons. The van der Waals surface area contributed by atoms with Crippen LogP contribution < -0.4 is 5.32 Å². The van der Waals surface area contributed by atoms with Gasteiger partial charge in [-0.25, -0.2) is 4.39 Å². The highest BCUT2D eigenvalue weighted by atomic mass is 32.1. The highest BCUT2D eigenvalue weighted by Gasteiger charge is 2.16. The number of carbonyl (C=O) groups is 1. The average molecular weight is 334 g/mol. The van der Waals surface area contributed by atoms with Gasteiger partial charge in [-0.1, -0.05) is 29.5 Å². The predicted octanol–water partition coefficient (Wildman–Crippen LogP) is 2.64. The van der Waals surface area contributed by atoms with Crippen molar-refractivity contribution < 1.29 is 9.18 Å². The molecular weight excluding hydrogens is 315 g/mol. The fourth-order valence-corrected chi connectivity index (χ4v) is 2.72. The lowest BCUT2D eigenvalue weighted by atomic mass is 10.2. The topological polar surface area (TPSA) is 58.1 Å². The SMILES string of the molecule is CC(NC(=O)/C=C/CN(C)C)c1nnc(-c2ccccc2F)s1. The van der Waals surface area contributed by atoms with Crippen LogP contribution in [0.1, 0.15) is 18.0 Å². The molecule has 0 bridgehead atoms. The van der Waals surface area contributed by atoms with E-state index < -0.39 is 0 Å². The van der Waals surface area contributed by atoms with Crippen molar-refractivity contribution in [3.05, 3.63) is 47.2 Å². The Morgan fingerprint density at radius 3 is 2.83 bits per heavy atom. The number of halogens is 1. The maximum Gasteiger partial charge on any atom is 0.244 e. The summed E-state index contributed by atoms with van der Waals surface area (Å²) in [4.78, 5) is 13.8. The number of hydrogen-bond donors (Lipinski definition) is 1. The minimum Gasteiger partial charge on any atom is -0.344 e. The molecule has 0 saturated carbocycles. The fourth-order valence-electron chi connectivity index (χ4n) is 1.85. The molecule has 5 nitrogen and oxygen atoms in total. The Bertz CT molecular complexity index is 699. The van der Waals surface area contributed by atoms with Crippen molar-refractivity contribution in [3.8, 4) is 10.6 Å². The molecule has 7 heteroatoms. The Morgan fingerprint density at radius 1 is 1.39 bits per heavy atom. The Hall–Kier alpha value is -2.12. The van der Waals surface area contributed by atoms with Crippen LogP contribution in [0.3, 0.4) is 0 Å². The molecule has 1 heterocycles. The number of likely N-dealkylation sites (N-methyl/N-ethyl adjacent to an activating group) is 1. The van der Waals surface area contributed by atoms with Crippen LogP contribution in [0.2, 0.25) is 0 Å². The number of hydrogen-bond acceptors (Lipinski definition) is 5. The maximum absolute atomic E-state index is 13.8. The van der Waals surface area contributed by atoms with Crippen molar-refractivity contribution in [1.82, 2.24) is 20.4 Å². The minimum atomic E-state index is -0.335. The van der Waals surface area contributed by atoms with E-state index in [0.717, 1.165) is 0 Å². The van der Waals surface area contributed by atoms with E-state index in [4.69, 9.17) is 0 Å². The van der Waals surface area contributed by atoms with Crippen LogP contribution in [0.25, 0.3) is 10.6 Å². The monoisotopic (exact) mass is 334 g/mol. The molecule has 1 N–H and O–H groups in total. The second-order valence-corrected chi connectivity index (χ2v) is 6.33. The molecule has 0 aliphatic carbocycles. The predicted molar refractivity (Wildman–Crippen MR) is 89.6 cm³/mol. The van der Waals surface area contributed by atoms with Gasteiger partial charge in [-0.15, -0.1) is 10.2 Å². The van der Waals surface area contributed by atoms with E-state index in [2.05, 4.69) is 15.5 Å². The first-order valence-electron chi connectivity index (χ1n) is 7.17. The van der Waals surface area contributed by atoms with Gasteiger partial charge in [-0.05, 0) is 33.2 Å². The van der Waals surface area contributed by atoms with Crippen LogP contribution in [0.4, 0.5) is 4.39 Å². The number of rotatable bonds is 6.